The third-order valence-electron chi connectivity index (χ3n) is 3.76. The zero-order valence-corrected chi connectivity index (χ0v) is 11.3. The molecule has 0 unspecified atom stereocenters. The Morgan fingerprint density at radius 3 is 2.25 bits per heavy atom. The molecule has 1 nitrogen and oxygen atoms in total. The highest BCUT2D eigenvalue weighted by Gasteiger charge is 2.47. The van der Waals surface area contributed by atoms with Gasteiger partial charge in [-0.1, -0.05) is 68.1 Å². The van der Waals surface area contributed by atoms with Crippen molar-refractivity contribution in [3.63, 3.8) is 0 Å². The monoisotopic (exact) mass is 232 g/mol. The zero-order valence-electron chi connectivity index (χ0n) is 10.3. The minimum atomic E-state index is -1.70. The Bertz CT molecular complexity index is 391. The van der Waals surface area contributed by atoms with E-state index >= 15 is 0 Å². The SMILES string of the molecule is CC(C)(C)[Si@@]1(c2ccccc2)C=C[C@H](O)C1. The molecule has 0 amide bonds. The summed E-state index contributed by atoms with van der Waals surface area (Å²) in [5.74, 6) is 0. The van der Waals surface area contributed by atoms with E-state index in [0.29, 0.717) is 0 Å². The predicted octanol–water partition coefficient (Wildman–Crippen LogP) is 2.61. The van der Waals surface area contributed by atoms with E-state index < -0.39 is 8.07 Å². The first-order chi connectivity index (χ1) is 7.46. The van der Waals surface area contributed by atoms with Crippen molar-refractivity contribution in [2.45, 2.75) is 38.0 Å². The summed E-state index contributed by atoms with van der Waals surface area (Å²) in [7, 11) is -1.70. The summed E-state index contributed by atoms with van der Waals surface area (Å²) in [5.41, 5.74) is 2.33. The van der Waals surface area contributed by atoms with Crippen LogP contribution >= 0.6 is 0 Å². The molecule has 86 valence electrons. The number of hydrogen-bond donors (Lipinski definition) is 1. The fraction of sp³-hybridized carbons (Fsp3) is 0.429. The van der Waals surface area contributed by atoms with Crippen LogP contribution in [-0.2, 0) is 0 Å². The average molecular weight is 232 g/mol. The molecule has 2 heteroatoms. The van der Waals surface area contributed by atoms with Gasteiger partial charge in [-0.15, -0.1) is 0 Å². The van der Waals surface area contributed by atoms with E-state index in [4.69, 9.17) is 0 Å². The largest absolute Gasteiger partial charge is 0.389 e. The first-order valence-corrected chi connectivity index (χ1v) is 8.17. The smallest absolute Gasteiger partial charge is 0.118 e. The standard InChI is InChI=1S/C14H20OSi/c1-14(2,3)16(10-9-12(15)11-16)13-7-5-4-6-8-13/h4-10,12,15H,11H2,1-3H3/t12-,16-/m0/s1. The predicted molar refractivity (Wildman–Crippen MR) is 71.5 cm³/mol. The Hall–Kier alpha value is -0.863. The van der Waals surface area contributed by atoms with E-state index in [1.165, 1.54) is 5.19 Å². The van der Waals surface area contributed by atoms with Gasteiger partial charge in [0.15, 0.2) is 0 Å². The van der Waals surface area contributed by atoms with Crippen LogP contribution in [0, 0.1) is 0 Å². The molecule has 2 atom stereocenters. The van der Waals surface area contributed by atoms with Gasteiger partial charge in [0.05, 0.1) is 6.10 Å². The maximum absolute atomic E-state index is 9.84. The molecule has 2 rings (SSSR count). The molecule has 1 aromatic carbocycles. The molecule has 0 aromatic heterocycles. The van der Waals surface area contributed by atoms with Crippen molar-refractivity contribution in [3.8, 4) is 0 Å². The minimum absolute atomic E-state index is 0.244. The summed E-state index contributed by atoms with van der Waals surface area (Å²) in [5, 5.41) is 11.5. The van der Waals surface area contributed by atoms with E-state index in [0.717, 1.165) is 6.04 Å². The fourth-order valence-electron chi connectivity index (χ4n) is 2.68. The van der Waals surface area contributed by atoms with Crippen molar-refractivity contribution in [2.24, 2.45) is 0 Å². The summed E-state index contributed by atoms with van der Waals surface area (Å²) >= 11 is 0. The lowest BCUT2D eigenvalue weighted by atomic mass is 10.2. The van der Waals surface area contributed by atoms with Gasteiger partial charge in [0, 0.05) is 0 Å². The molecule has 16 heavy (non-hydrogen) atoms. The second-order valence-electron chi connectivity index (χ2n) is 5.72. The summed E-state index contributed by atoms with van der Waals surface area (Å²) in [6.45, 7) is 6.90. The van der Waals surface area contributed by atoms with Gasteiger partial charge in [0.1, 0.15) is 8.07 Å². The van der Waals surface area contributed by atoms with Gasteiger partial charge in [0.25, 0.3) is 0 Å². The topological polar surface area (TPSA) is 20.2 Å². The number of rotatable bonds is 1. The highest BCUT2D eigenvalue weighted by molar-refractivity contribution is 6.98. The normalized spacial score (nSPS) is 29.6. The number of benzene rings is 1. The quantitative estimate of drug-likeness (QED) is 0.738. The maximum atomic E-state index is 9.84. The number of hydrogen-bond acceptors (Lipinski definition) is 1. The van der Waals surface area contributed by atoms with Gasteiger partial charge in [-0.3, -0.25) is 0 Å². The second kappa shape index (κ2) is 3.86. The van der Waals surface area contributed by atoms with Crippen LogP contribution in [0.15, 0.2) is 42.1 Å². The van der Waals surface area contributed by atoms with E-state index in [9.17, 15) is 5.11 Å². The molecule has 1 N–H and O–H groups in total. The van der Waals surface area contributed by atoms with Crippen molar-refractivity contribution in [1.29, 1.82) is 0 Å². The van der Waals surface area contributed by atoms with Crippen LogP contribution in [0.5, 0.6) is 0 Å². The molecule has 0 fully saturated rings. The molecule has 0 saturated heterocycles. The van der Waals surface area contributed by atoms with Gasteiger partial charge < -0.3 is 5.11 Å². The molecule has 0 spiro atoms. The molecular weight excluding hydrogens is 212 g/mol. The van der Waals surface area contributed by atoms with Crippen molar-refractivity contribution < 1.29 is 5.11 Å². The van der Waals surface area contributed by atoms with Gasteiger partial charge in [-0.2, -0.15) is 0 Å². The van der Waals surface area contributed by atoms with E-state index in [1.807, 2.05) is 6.08 Å². The lowest BCUT2D eigenvalue weighted by Gasteiger charge is -2.39. The third kappa shape index (κ3) is 1.76. The molecule has 0 radical (unpaired) electrons. The lowest BCUT2D eigenvalue weighted by molar-refractivity contribution is 0.245. The Balaban J connectivity index is 2.50. The summed E-state index contributed by atoms with van der Waals surface area (Å²) in [6.07, 6.45) is 1.75. The lowest BCUT2D eigenvalue weighted by Crippen LogP contribution is -2.53. The summed E-state index contributed by atoms with van der Waals surface area (Å²) in [6, 6.07) is 11.6. The van der Waals surface area contributed by atoms with Crippen LogP contribution in [0.4, 0.5) is 0 Å². The Morgan fingerprint density at radius 2 is 1.81 bits per heavy atom. The van der Waals surface area contributed by atoms with E-state index in [-0.39, 0.29) is 11.1 Å². The first-order valence-electron chi connectivity index (χ1n) is 5.89. The molecule has 1 heterocycles. The van der Waals surface area contributed by atoms with Crippen molar-refractivity contribution in [1.82, 2.24) is 0 Å². The van der Waals surface area contributed by atoms with Crippen molar-refractivity contribution in [2.75, 3.05) is 0 Å². The highest BCUT2D eigenvalue weighted by Crippen LogP contribution is 2.43. The van der Waals surface area contributed by atoms with Crippen molar-refractivity contribution >= 4 is 13.3 Å². The molecule has 1 aromatic rings. The van der Waals surface area contributed by atoms with Crippen LogP contribution in [0.3, 0.4) is 0 Å². The summed E-state index contributed by atoms with van der Waals surface area (Å²) < 4.78 is 0. The molecule has 0 bridgehead atoms. The van der Waals surface area contributed by atoms with Crippen LogP contribution < -0.4 is 5.19 Å². The van der Waals surface area contributed by atoms with Crippen LogP contribution in [0.2, 0.25) is 11.1 Å². The fourth-order valence-corrected chi connectivity index (χ4v) is 7.36. The van der Waals surface area contributed by atoms with Crippen LogP contribution in [0.25, 0.3) is 0 Å². The van der Waals surface area contributed by atoms with E-state index in [1.54, 1.807) is 0 Å². The van der Waals surface area contributed by atoms with Gasteiger partial charge in [-0.05, 0) is 11.1 Å². The first kappa shape index (κ1) is 11.6. The second-order valence-corrected chi connectivity index (χ2v) is 10.5. The molecule has 0 aliphatic carbocycles. The Kier molecular flexibility index (Phi) is 2.80. The Labute approximate surface area is 98.8 Å². The molecule has 1 aliphatic heterocycles. The van der Waals surface area contributed by atoms with Gasteiger partial charge in [0.2, 0.25) is 0 Å². The average Bonchev–Trinajstić information content (AvgIpc) is 2.62. The molecule has 1 aliphatic rings. The number of aliphatic hydroxyl groups is 1. The van der Waals surface area contributed by atoms with E-state index in [2.05, 4.69) is 56.8 Å². The minimum Gasteiger partial charge on any atom is -0.389 e. The zero-order chi connectivity index (χ0) is 11.8. The number of aliphatic hydroxyl groups excluding tert-OH is 1. The molecule has 0 saturated carbocycles. The summed E-state index contributed by atoms with van der Waals surface area (Å²) in [4.78, 5) is 0. The van der Waals surface area contributed by atoms with Gasteiger partial charge >= 0.3 is 0 Å². The maximum Gasteiger partial charge on any atom is 0.118 e. The molecular formula is C14H20OSi. The van der Waals surface area contributed by atoms with Gasteiger partial charge in [-0.25, -0.2) is 0 Å². The third-order valence-corrected chi connectivity index (χ3v) is 9.63. The van der Waals surface area contributed by atoms with Crippen molar-refractivity contribution in [3.05, 3.63) is 42.1 Å². The van der Waals surface area contributed by atoms with Crippen LogP contribution in [-0.4, -0.2) is 19.3 Å². The highest BCUT2D eigenvalue weighted by atomic mass is 28.3. The Morgan fingerprint density at radius 1 is 1.19 bits per heavy atom. The van der Waals surface area contributed by atoms with Crippen LogP contribution in [0.1, 0.15) is 20.8 Å².